The summed E-state index contributed by atoms with van der Waals surface area (Å²) in [6.07, 6.45) is 1.15. The summed E-state index contributed by atoms with van der Waals surface area (Å²) in [5.74, 6) is 1.37. The van der Waals surface area contributed by atoms with E-state index in [4.69, 9.17) is 0 Å². The van der Waals surface area contributed by atoms with Crippen molar-refractivity contribution in [3.8, 4) is 0 Å². The molecule has 0 spiro atoms. The van der Waals surface area contributed by atoms with Crippen molar-refractivity contribution in [2.45, 2.75) is 0 Å². The van der Waals surface area contributed by atoms with Crippen LogP contribution in [0.1, 0.15) is 10.4 Å². The van der Waals surface area contributed by atoms with Crippen molar-refractivity contribution in [1.82, 2.24) is 4.72 Å². The van der Waals surface area contributed by atoms with Crippen LogP contribution < -0.4 is 4.72 Å². The molecule has 1 atom stereocenters. The second kappa shape index (κ2) is 4.50. The number of hydrogen-bond acceptors (Lipinski definition) is 4. The van der Waals surface area contributed by atoms with Gasteiger partial charge >= 0.3 is 0 Å². The van der Waals surface area contributed by atoms with Gasteiger partial charge in [-0.15, -0.1) is 0 Å². The van der Waals surface area contributed by atoms with Crippen LogP contribution in [0, 0.1) is 15.9 Å². The molecule has 0 aromatic heterocycles. The molecule has 6 nitrogen and oxygen atoms in total. The number of amides is 1. The molecule has 0 saturated heterocycles. The number of nitro groups is 1. The number of nitro benzene ring substituents is 1. The Kier molecular flexibility index (Phi) is 3.47. The van der Waals surface area contributed by atoms with E-state index >= 15 is 0 Å². The Morgan fingerprint density at radius 2 is 2.18 bits per heavy atom. The molecule has 92 valence electrons. The first-order chi connectivity index (χ1) is 7.70. The van der Waals surface area contributed by atoms with Crippen LogP contribution in [0.3, 0.4) is 0 Å². The fourth-order valence-corrected chi connectivity index (χ4v) is 1.60. The van der Waals surface area contributed by atoms with Gasteiger partial charge in [-0.05, 0) is 18.0 Å². The van der Waals surface area contributed by atoms with E-state index in [9.17, 15) is 23.5 Å². The third kappa shape index (κ3) is 3.52. The number of benzene rings is 1. The normalized spacial score (nSPS) is 13.8. The molecule has 1 N–H and O–H groups in total. The summed E-state index contributed by atoms with van der Waals surface area (Å²) in [5, 5.41) is 10.6. The number of carbonyl (C=O) groups excluding carboxylic acids is 1. The number of nitrogens with zero attached hydrogens (tertiary/aromatic N) is 1. The lowest BCUT2D eigenvalue weighted by Gasteiger charge is -2.06. The maximum Gasteiger partial charge on any atom is 0.282 e. The summed E-state index contributed by atoms with van der Waals surface area (Å²) in [7, 11) is -2.87. The van der Waals surface area contributed by atoms with Crippen LogP contribution in [-0.2, 0) is 9.71 Å². The molecule has 0 radical (unpaired) electrons. The molecule has 0 aliphatic heterocycles. The van der Waals surface area contributed by atoms with Crippen molar-refractivity contribution in [2.24, 2.45) is 0 Å². The van der Waals surface area contributed by atoms with Gasteiger partial charge < -0.3 is 0 Å². The van der Waals surface area contributed by atoms with Crippen LogP contribution in [0.25, 0.3) is 0 Å². The summed E-state index contributed by atoms with van der Waals surface area (Å²) < 4.78 is 26.1. The lowest BCUT2D eigenvalue weighted by molar-refractivity contribution is -0.385. The molecule has 0 aliphatic rings. The zero-order valence-electron chi connectivity index (χ0n) is 8.81. The van der Waals surface area contributed by atoms with Gasteiger partial charge in [0.25, 0.3) is 11.6 Å². The minimum absolute atomic E-state index is 0.492. The molecule has 0 aliphatic carbocycles. The van der Waals surface area contributed by atoms with Crippen molar-refractivity contribution in [2.75, 3.05) is 6.26 Å². The molecule has 1 unspecified atom stereocenters. The molecule has 17 heavy (non-hydrogen) atoms. The van der Waals surface area contributed by atoms with Gasteiger partial charge in [-0.2, -0.15) is 0 Å². The average Bonchev–Trinajstić information content (AvgIpc) is 2.14. The molecule has 1 aromatic rings. The molecule has 0 bridgehead atoms. The van der Waals surface area contributed by atoms with Crippen LogP contribution in [0.4, 0.5) is 10.1 Å². The topological polar surface area (TPSA) is 89.3 Å². The highest BCUT2D eigenvalue weighted by Gasteiger charge is 2.21. The van der Waals surface area contributed by atoms with Gasteiger partial charge in [0.2, 0.25) is 0 Å². The first-order valence-corrected chi connectivity index (χ1v) is 6.42. The number of nitrogens with one attached hydrogen (secondary N) is 1. The van der Waals surface area contributed by atoms with Crippen LogP contribution in [0.15, 0.2) is 18.2 Å². The predicted molar refractivity (Wildman–Crippen MR) is 61.7 cm³/mol. The lowest BCUT2D eigenvalue weighted by Crippen LogP contribution is -2.29. The van der Waals surface area contributed by atoms with Gasteiger partial charge in [-0.3, -0.25) is 19.6 Å². The first-order valence-electron chi connectivity index (χ1n) is 4.29. The highest BCUT2D eigenvalue weighted by Crippen LogP contribution is 2.19. The van der Waals surface area contributed by atoms with Crippen LogP contribution in [0.2, 0.25) is 0 Å². The molecule has 8 heteroatoms. The highest BCUT2D eigenvalue weighted by molar-refractivity contribution is 7.98. The predicted octanol–water partition coefficient (Wildman–Crippen LogP) is 0.725. The van der Waals surface area contributed by atoms with Gasteiger partial charge in [0.1, 0.15) is 11.4 Å². The molecular weight excluding hydrogens is 251 g/mol. The van der Waals surface area contributed by atoms with Crippen molar-refractivity contribution in [3.63, 3.8) is 0 Å². The molecule has 0 heterocycles. The number of halogens is 1. The van der Waals surface area contributed by atoms with Crippen molar-refractivity contribution >= 4 is 27.2 Å². The molecule has 0 fully saturated rings. The number of rotatable bonds is 3. The largest absolute Gasteiger partial charge is 0.282 e. The Labute approximate surface area is 96.7 Å². The van der Waals surface area contributed by atoms with Crippen molar-refractivity contribution in [1.29, 1.82) is 0 Å². The molecule has 1 aromatic carbocycles. The summed E-state index contributed by atoms with van der Waals surface area (Å²) in [6, 6.07) is 2.44. The fraction of sp³-hybridized carbons (Fsp3) is 0.111. The Morgan fingerprint density at radius 3 is 2.65 bits per heavy atom. The Hall–Kier alpha value is -1.96. The van der Waals surface area contributed by atoms with E-state index < -0.39 is 37.6 Å². The second-order valence-electron chi connectivity index (χ2n) is 3.35. The second-order valence-corrected chi connectivity index (χ2v) is 5.57. The van der Waals surface area contributed by atoms with Crippen molar-refractivity contribution < 1.29 is 18.3 Å². The third-order valence-electron chi connectivity index (χ3n) is 1.71. The Bertz CT molecular complexity index is 583. The minimum atomic E-state index is -2.87. The van der Waals surface area contributed by atoms with Crippen molar-refractivity contribution in [3.05, 3.63) is 39.7 Å². The monoisotopic (exact) mass is 260 g/mol. The average molecular weight is 260 g/mol. The van der Waals surface area contributed by atoms with Gasteiger partial charge in [-0.1, -0.05) is 0 Å². The number of hydrogen-bond donors (Lipinski definition) is 1. The van der Waals surface area contributed by atoms with Crippen LogP contribution in [0.5, 0.6) is 0 Å². The third-order valence-corrected chi connectivity index (χ3v) is 2.33. The van der Waals surface area contributed by atoms with E-state index in [0.717, 1.165) is 18.4 Å². The summed E-state index contributed by atoms with van der Waals surface area (Å²) >= 11 is 0. The van der Waals surface area contributed by atoms with Crippen LogP contribution >= 0.6 is 0 Å². The quantitative estimate of drug-likeness (QED) is 0.492. The molecule has 1 rings (SSSR count). The maximum atomic E-state index is 12.9. The first kappa shape index (κ1) is 13.1. The maximum absolute atomic E-state index is 12.9. The van der Waals surface area contributed by atoms with E-state index in [2.05, 4.69) is 5.87 Å². The number of carbonyl (C=O) groups is 1. The Morgan fingerprint density at radius 1 is 1.59 bits per heavy atom. The zero-order valence-corrected chi connectivity index (χ0v) is 9.62. The summed E-state index contributed by atoms with van der Waals surface area (Å²) in [6.45, 7) is 0. The van der Waals surface area contributed by atoms with Crippen LogP contribution in [-0.4, -0.2) is 27.2 Å². The fourth-order valence-electron chi connectivity index (χ4n) is 1.10. The Balaban J connectivity index is 3.25. The lowest BCUT2D eigenvalue weighted by atomic mass is 10.1. The summed E-state index contributed by atoms with van der Waals surface area (Å²) in [4.78, 5) is 21.3. The minimum Gasteiger partial charge on any atom is -0.279 e. The van der Waals surface area contributed by atoms with Gasteiger partial charge in [0.05, 0.1) is 4.92 Å². The molecule has 0 saturated carbocycles. The summed E-state index contributed by atoms with van der Waals surface area (Å²) in [5.41, 5.74) is -1.05. The zero-order chi connectivity index (χ0) is 13.2. The van der Waals surface area contributed by atoms with E-state index in [1.807, 2.05) is 4.72 Å². The van der Waals surface area contributed by atoms with Gasteiger partial charge in [0, 0.05) is 22.0 Å². The van der Waals surface area contributed by atoms with Gasteiger partial charge in [-0.25, -0.2) is 8.60 Å². The van der Waals surface area contributed by atoms with E-state index in [0.29, 0.717) is 6.07 Å². The van der Waals surface area contributed by atoms with E-state index in [-0.39, 0.29) is 0 Å². The molecule has 1 amide bonds. The highest BCUT2D eigenvalue weighted by atomic mass is 32.2. The molecular formula is C9H9FN2O4S. The standard InChI is InChI=1S/C9H9FN2O4S/c1-17(2,16)11-9(13)7-5-6(10)3-4-8(7)12(14)15/h3-5H,1H2,2H3,(H,11,13,16). The van der Waals surface area contributed by atoms with E-state index in [1.54, 1.807) is 0 Å². The smallest absolute Gasteiger partial charge is 0.279 e. The SMILES string of the molecule is C=S(C)(=O)NC(=O)c1cc(F)ccc1[N+](=O)[O-]. The van der Waals surface area contributed by atoms with Gasteiger partial charge in [0.15, 0.2) is 0 Å². The van der Waals surface area contributed by atoms with E-state index in [1.165, 1.54) is 0 Å².